The Labute approximate surface area is 73.4 Å². The number of nitrogens with one attached hydrogen (secondary N) is 1. The maximum Gasteiger partial charge on any atom is 0.282 e. The van der Waals surface area contributed by atoms with E-state index in [0.29, 0.717) is 16.8 Å². The zero-order valence-electron chi connectivity index (χ0n) is 6.94. The van der Waals surface area contributed by atoms with Crippen molar-refractivity contribution in [3.05, 3.63) is 28.9 Å². The molecule has 0 atom stereocenters. The lowest BCUT2D eigenvalue weighted by atomic mass is 10.3. The molecule has 2 aromatic rings. The Hall–Kier alpha value is -1.91. The highest BCUT2D eigenvalue weighted by atomic mass is 16.5. The zero-order valence-corrected chi connectivity index (χ0v) is 6.94. The van der Waals surface area contributed by atoms with Crippen LogP contribution in [0.2, 0.25) is 0 Å². The second-order valence-corrected chi connectivity index (χ2v) is 2.48. The molecule has 0 aromatic carbocycles. The lowest BCUT2D eigenvalue weighted by molar-refractivity contribution is 0.398. The molecule has 0 radical (unpaired) electrons. The van der Waals surface area contributed by atoms with Crippen LogP contribution >= 0.6 is 0 Å². The predicted molar refractivity (Wildman–Crippen MR) is 46.7 cm³/mol. The van der Waals surface area contributed by atoms with E-state index in [4.69, 9.17) is 4.74 Å². The molecular formula is C8H7N3O2. The Morgan fingerprint density at radius 3 is 3.08 bits per heavy atom. The van der Waals surface area contributed by atoms with Crippen molar-refractivity contribution in [1.29, 1.82) is 0 Å². The molecule has 0 spiro atoms. The highest BCUT2D eigenvalue weighted by molar-refractivity contribution is 5.76. The molecule has 2 heterocycles. The van der Waals surface area contributed by atoms with Crippen molar-refractivity contribution in [2.45, 2.75) is 0 Å². The summed E-state index contributed by atoms with van der Waals surface area (Å²) in [5.41, 5.74) is 0.385. The molecule has 2 rings (SSSR count). The molecule has 0 aliphatic carbocycles. The van der Waals surface area contributed by atoms with Crippen LogP contribution in [0.4, 0.5) is 0 Å². The number of methoxy groups -OCH3 is 1. The lowest BCUT2D eigenvalue weighted by Crippen LogP contribution is -2.06. The molecule has 5 heteroatoms. The van der Waals surface area contributed by atoms with Crippen molar-refractivity contribution >= 4 is 10.9 Å². The van der Waals surface area contributed by atoms with Crippen LogP contribution in [0.5, 0.6) is 5.88 Å². The van der Waals surface area contributed by atoms with Gasteiger partial charge in [-0.05, 0) is 0 Å². The van der Waals surface area contributed by atoms with Gasteiger partial charge in [0.05, 0.1) is 24.3 Å². The molecule has 0 saturated carbocycles. The minimum atomic E-state index is -0.288. The average molecular weight is 177 g/mol. The van der Waals surface area contributed by atoms with Crippen molar-refractivity contribution in [1.82, 2.24) is 15.0 Å². The van der Waals surface area contributed by atoms with Gasteiger partial charge in [0, 0.05) is 12.3 Å². The van der Waals surface area contributed by atoms with E-state index >= 15 is 0 Å². The first kappa shape index (κ1) is 7.72. The molecule has 0 fully saturated rings. The van der Waals surface area contributed by atoms with Crippen LogP contribution in [0.1, 0.15) is 0 Å². The van der Waals surface area contributed by atoms with Crippen LogP contribution in [0, 0.1) is 0 Å². The van der Waals surface area contributed by atoms with Crippen LogP contribution in [0.15, 0.2) is 23.4 Å². The highest BCUT2D eigenvalue weighted by Gasteiger charge is 2.00. The average Bonchev–Trinajstić information content (AvgIpc) is 2.18. The third kappa shape index (κ3) is 1.24. The van der Waals surface area contributed by atoms with Gasteiger partial charge in [0.1, 0.15) is 0 Å². The molecule has 0 saturated heterocycles. The summed E-state index contributed by atoms with van der Waals surface area (Å²) in [6.45, 7) is 0. The fraction of sp³-hybridized carbons (Fsp3) is 0.125. The Bertz CT molecular complexity index is 492. The van der Waals surface area contributed by atoms with E-state index in [2.05, 4.69) is 15.0 Å². The molecule has 13 heavy (non-hydrogen) atoms. The number of aromatic amines is 1. The third-order valence-corrected chi connectivity index (χ3v) is 1.72. The minimum absolute atomic E-state index is 0.288. The molecule has 0 bridgehead atoms. The van der Waals surface area contributed by atoms with Crippen molar-refractivity contribution in [2.75, 3.05) is 7.11 Å². The third-order valence-electron chi connectivity index (χ3n) is 1.72. The number of hydrogen-bond donors (Lipinski definition) is 1. The number of nitrogens with zero attached hydrogens (tertiary/aromatic N) is 2. The zero-order chi connectivity index (χ0) is 9.26. The van der Waals surface area contributed by atoms with E-state index in [-0.39, 0.29) is 5.56 Å². The SMILES string of the molecule is COc1cc2[nH]cnc(=O)c2cn1. The monoisotopic (exact) mass is 177 g/mol. The molecule has 0 aliphatic heterocycles. The van der Waals surface area contributed by atoms with Gasteiger partial charge in [-0.1, -0.05) is 0 Å². The van der Waals surface area contributed by atoms with Gasteiger partial charge in [0.15, 0.2) is 0 Å². The summed E-state index contributed by atoms with van der Waals surface area (Å²) in [7, 11) is 1.52. The number of H-pyrrole nitrogens is 1. The molecule has 66 valence electrons. The van der Waals surface area contributed by atoms with Crippen molar-refractivity contribution in [3.8, 4) is 5.88 Å². The molecule has 1 N–H and O–H groups in total. The fourth-order valence-electron chi connectivity index (χ4n) is 1.07. The van der Waals surface area contributed by atoms with Crippen molar-refractivity contribution in [2.24, 2.45) is 0 Å². The second-order valence-electron chi connectivity index (χ2n) is 2.48. The van der Waals surface area contributed by atoms with Gasteiger partial charge >= 0.3 is 0 Å². The minimum Gasteiger partial charge on any atom is -0.481 e. The van der Waals surface area contributed by atoms with Gasteiger partial charge in [-0.3, -0.25) is 4.79 Å². The van der Waals surface area contributed by atoms with E-state index in [9.17, 15) is 4.79 Å². The van der Waals surface area contributed by atoms with Crippen molar-refractivity contribution in [3.63, 3.8) is 0 Å². The highest BCUT2D eigenvalue weighted by Crippen LogP contribution is 2.10. The molecule has 0 amide bonds. The van der Waals surface area contributed by atoms with Gasteiger partial charge in [0.2, 0.25) is 5.88 Å². The summed E-state index contributed by atoms with van der Waals surface area (Å²) in [5.74, 6) is 0.467. The fourth-order valence-corrected chi connectivity index (χ4v) is 1.07. The number of ether oxygens (including phenoxy) is 1. The lowest BCUT2D eigenvalue weighted by Gasteiger charge is -1.99. The van der Waals surface area contributed by atoms with E-state index < -0.39 is 0 Å². The number of hydrogen-bond acceptors (Lipinski definition) is 4. The Morgan fingerprint density at radius 2 is 2.31 bits per heavy atom. The first-order valence-electron chi connectivity index (χ1n) is 3.68. The van der Waals surface area contributed by atoms with Gasteiger partial charge < -0.3 is 9.72 Å². The summed E-state index contributed by atoms with van der Waals surface area (Å²) in [6, 6.07) is 1.65. The standard InChI is InChI=1S/C8H7N3O2/c1-13-7-2-6-5(3-9-7)8(12)11-4-10-6/h2-4H,1H3,(H,10,11,12). The number of pyridine rings is 1. The maximum atomic E-state index is 11.2. The van der Waals surface area contributed by atoms with E-state index in [1.165, 1.54) is 19.6 Å². The smallest absolute Gasteiger partial charge is 0.282 e. The quantitative estimate of drug-likeness (QED) is 0.681. The van der Waals surface area contributed by atoms with Crippen LogP contribution in [-0.4, -0.2) is 22.1 Å². The van der Waals surface area contributed by atoms with E-state index in [1.54, 1.807) is 6.07 Å². The summed E-state index contributed by atoms with van der Waals surface area (Å²) >= 11 is 0. The predicted octanol–water partition coefficient (Wildman–Crippen LogP) is 0.327. The number of fused-ring (bicyclic) bond motifs is 1. The first-order valence-corrected chi connectivity index (χ1v) is 3.68. The van der Waals surface area contributed by atoms with Gasteiger partial charge in [-0.25, -0.2) is 4.98 Å². The maximum absolute atomic E-state index is 11.2. The number of rotatable bonds is 1. The first-order chi connectivity index (χ1) is 6.31. The summed E-state index contributed by atoms with van der Waals surface area (Å²) in [4.78, 5) is 21.5. The van der Waals surface area contributed by atoms with Crippen LogP contribution in [0.25, 0.3) is 10.9 Å². The van der Waals surface area contributed by atoms with Crippen LogP contribution in [0.3, 0.4) is 0 Å². The molecule has 0 aliphatic rings. The van der Waals surface area contributed by atoms with Crippen molar-refractivity contribution < 1.29 is 4.74 Å². The summed E-state index contributed by atoms with van der Waals surface area (Å²) in [5, 5.41) is 0.461. The molecule has 0 unspecified atom stereocenters. The van der Waals surface area contributed by atoms with Gasteiger partial charge in [0.25, 0.3) is 5.56 Å². The molecule has 2 aromatic heterocycles. The summed E-state index contributed by atoms with van der Waals surface area (Å²) in [6.07, 6.45) is 2.80. The van der Waals surface area contributed by atoms with Gasteiger partial charge in [-0.2, -0.15) is 4.98 Å². The Morgan fingerprint density at radius 1 is 1.46 bits per heavy atom. The van der Waals surface area contributed by atoms with Gasteiger partial charge in [-0.15, -0.1) is 0 Å². The molecule has 5 nitrogen and oxygen atoms in total. The largest absolute Gasteiger partial charge is 0.481 e. The molecular weight excluding hydrogens is 170 g/mol. The number of aromatic nitrogens is 3. The normalized spacial score (nSPS) is 10.2. The second kappa shape index (κ2) is 2.85. The van der Waals surface area contributed by atoms with Crippen LogP contribution in [-0.2, 0) is 0 Å². The summed E-state index contributed by atoms with van der Waals surface area (Å²) < 4.78 is 4.91. The Balaban J connectivity index is 2.80. The van der Waals surface area contributed by atoms with E-state index in [1.807, 2.05) is 0 Å². The topological polar surface area (TPSA) is 67.9 Å². The van der Waals surface area contributed by atoms with Crippen LogP contribution < -0.4 is 10.3 Å². The van der Waals surface area contributed by atoms with E-state index in [0.717, 1.165) is 0 Å². The Kier molecular flexibility index (Phi) is 1.70.